The van der Waals surface area contributed by atoms with E-state index < -0.39 is 11.6 Å². The van der Waals surface area contributed by atoms with Crippen molar-refractivity contribution in [3.05, 3.63) is 77.2 Å². The molecule has 0 saturated carbocycles. The van der Waals surface area contributed by atoms with Gasteiger partial charge in [0, 0.05) is 0 Å². The standard InChI is InChI=1S/C17H13FN2O2/c1-11-15(16(21)13-9-5-6-10-14(13)18)17(22)20(19-11)12-7-3-2-4-8-12/h2-10,22H,1H3. The molecule has 0 radical (unpaired) electrons. The van der Waals surface area contributed by atoms with Gasteiger partial charge in [0.2, 0.25) is 11.7 Å². The average molecular weight is 296 g/mol. The highest BCUT2D eigenvalue weighted by atomic mass is 19.1. The third kappa shape index (κ3) is 2.26. The molecule has 0 atom stereocenters. The second kappa shape index (κ2) is 5.44. The molecule has 1 N–H and O–H groups in total. The van der Waals surface area contributed by atoms with Crippen LogP contribution in [0, 0.1) is 12.7 Å². The van der Waals surface area contributed by atoms with Crippen molar-refractivity contribution in [1.82, 2.24) is 9.78 Å². The van der Waals surface area contributed by atoms with Gasteiger partial charge in [-0.25, -0.2) is 9.07 Å². The number of halogens is 1. The predicted octanol–water partition coefficient (Wildman–Crippen LogP) is 3.26. The lowest BCUT2D eigenvalue weighted by Gasteiger charge is -2.04. The van der Waals surface area contributed by atoms with Crippen LogP contribution >= 0.6 is 0 Å². The molecule has 3 aromatic rings. The van der Waals surface area contributed by atoms with Crippen LogP contribution in [0.3, 0.4) is 0 Å². The fraction of sp³-hybridized carbons (Fsp3) is 0.0588. The lowest BCUT2D eigenvalue weighted by Crippen LogP contribution is -2.05. The molecule has 1 heterocycles. The summed E-state index contributed by atoms with van der Waals surface area (Å²) < 4.78 is 15.1. The van der Waals surface area contributed by atoms with E-state index in [2.05, 4.69) is 5.10 Å². The zero-order valence-corrected chi connectivity index (χ0v) is 11.8. The number of carbonyl (C=O) groups excluding carboxylic acids is 1. The Hall–Kier alpha value is -2.95. The molecule has 0 saturated heterocycles. The van der Waals surface area contributed by atoms with Crippen molar-refractivity contribution < 1.29 is 14.3 Å². The molecular weight excluding hydrogens is 283 g/mol. The molecular formula is C17H13FN2O2. The highest BCUT2D eigenvalue weighted by Crippen LogP contribution is 2.27. The molecule has 0 unspecified atom stereocenters. The molecule has 0 aliphatic heterocycles. The topological polar surface area (TPSA) is 55.1 Å². The van der Waals surface area contributed by atoms with Crippen LogP contribution in [-0.4, -0.2) is 20.7 Å². The molecule has 5 heteroatoms. The summed E-state index contributed by atoms with van der Waals surface area (Å²) in [6, 6.07) is 14.6. The number of hydrogen-bond donors (Lipinski definition) is 1. The minimum atomic E-state index is -0.626. The van der Waals surface area contributed by atoms with Gasteiger partial charge in [-0.15, -0.1) is 0 Å². The number of nitrogens with zero attached hydrogens (tertiary/aromatic N) is 2. The number of aryl methyl sites for hydroxylation is 1. The van der Waals surface area contributed by atoms with E-state index in [1.165, 1.54) is 22.9 Å². The Labute approximate surface area is 126 Å². The van der Waals surface area contributed by atoms with Crippen LogP contribution in [-0.2, 0) is 0 Å². The van der Waals surface area contributed by atoms with Crippen LogP contribution in [0.25, 0.3) is 5.69 Å². The maximum absolute atomic E-state index is 13.8. The van der Waals surface area contributed by atoms with Gasteiger partial charge in [0.25, 0.3) is 0 Å². The van der Waals surface area contributed by atoms with Gasteiger partial charge in [-0.1, -0.05) is 30.3 Å². The first-order valence-electron chi connectivity index (χ1n) is 6.73. The highest BCUT2D eigenvalue weighted by molar-refractivity contribution is 6.11. The first-order chi connectivity index (χ1) is 10.6. The smallest absolute Gasteiger partial charge is 0.225 e. The van der Waals surface area contributed by atoms with Crippen molar-refractivity contribution in [3.63, 3.8) is 0 Å². The predicted molar refractivity (Wildman–Crippen MR) is 79.8 cm³/mol. The molecule has 0 spiro atoms. The van der Waals surface area contributed by atoms with Crippen LogP contribution < -0.4 is 0 Å². The molecule has 0 aliphatic rings. The number of hydrogen-bond acceptors (Lipinski definition) is 3. The molecule has 0 aliphatic carbocycles. The highest BCUT2D eigenvalue weighted by Gasteiger charge is 2.24. The van der Waals surface area contributed by atoms with Crippen LogP contribution in [0.15, 0.2) is 54.6 Å². The quantitative estimate of drug-likeness (QED) is 0.755. The number of aromatic nitrogens is 2. The fourth-order valence-electron chi connectivity index (χ4n) is 2.31. The minimum Gasteiger partial charge on any atom is -0.493 e. The second-order valence-electron chi connectivity index (χ2n) is 4.84. The van der Waals surface area contributed by atoms with Crippen molar-refractivity contribution in [2.75, 3.05) is 0 Å². The molecule has 22 heavy (non-hydrogen) atoms. The number of aromatic hydroxyl groups is 1. The molecule has 0 amide bonds. The van der Waals surface area contributed by atoms with Gasteiger partial charge in [-0.2, -0.15) is 5.10 Å². The number of benzene rings is 2. The number of para-hydroxylation sites is 1. The molecule has 0 bridgehead atoms. The normalized spacial score (nSPS) is 10.6. The van der Waals surface area contributed by atoms with Crippen LogP contribution in [0.5, 0.6) is 5.88 Å². The summed E-state index contributed by atoms with van der Waals surface area (Å²) in [5, 5.41) is 14.5. The fourth-order valence-corrected chi connectivity index (χ4v) is 2.31. The Kier molecular flexibility index (Phi) is 3.47. The van der Waals surface area contributed by atoms with E-state index in [0.29, 0.717) is 11.4 Å². The van der Waals surface area contributed by atoms with E-state index in [1.54, 1.807) is 37.3 Å². The summed E-state index contributed by atoms with van der Waals surface area (Å²) in [5.74, 6) is -1.51. The van der Waals surface area contributed by atoms with Crippen molar-refractivity contribution in [3.8, 4) is 11.6 Å². The molecule has 4 nitrogen and oxygen atoms in total. The Morgan fingerprint density at radius 2 is 1.73 bits per heavy atom. The molecule has 0 fully saturated rings. The SMILES string of the molecule is Cc1nn(-c2ccccc2)c(O)c1C(=O)c1ccccc1F. The van der Waals surface area contributed by atoms with Crippen molar-refractivity contribution in [1.29, 1.82) is 0 Å². The summed E-state index contributed by atoms with van der Waals surface area (Å²) in [6.07, 6.45) is 0. The maximum Gasteiger partial charge on any atom is 0.225 e. The third-order valence-electron chi connectivity index (χ3n) is 3.38. The Morgan fingerprint density at radius 3 is 2.41 bits per heavy atom. The zero-order valence-electron chi connectivity index (χ0n) is 11.8. The Bertz CT molecular complexity index is 841. The van der Waals surface area contributed by atoms with Crippen molar-refractivity contribution in [2.45, 2.75) is 6.92 Å². The molecule has 1 aromatic heterocycles. The summed E-state index contributed by atoms with van der Waals surface area (Å²) in [6.45, 7) is 1.60. The van der Waals surface area contributed by atoms with E-state index >= 15 is 0 Å². The first kappa shape index (κ1) is 14.0. The van der Waals surface area contributed by atoms with Gasteiger partial charge in [-0.3, -0.25) is 4.79 Å². The summed E-state index contributed by atoms with van der Waals surface area (Å²) in [5.41, 5.74) is 0.882. The monoisotopic (exact) mass is 296 g/mol. The third-order valence-corrected chi connectivity index (χ3v) is 3.38. The lowest BCUT2D eigenvalue weighted by molar-refractivity contribution is 0.103. The second-order valence-corrected chi connectivity index (χ2v) is 4.84. The van der Waals surface area contributed by atoms with E-state index in [4.69, 9.17) is 0 Å². The van der Waals surface area contributed by atoms with Crippen LogP contribution in [0.2, 0.25) is 0 Å². The number of rotatable bonds is 3. The van der Waals surface area contributed by atoms with E-state index in [9.17, 15) is 14.3 Å². The largest absolute Gasteiger partial charge is 0.493 e. The molecule has 2 aromatic carbocycles. The van der Waals surface area contributed by atoms with Gasteiger partial charge < -0.3 is 5.11 Å². The number of ketones is 1. The van der Waals surface area contributed by atoms with Crippen molar-refractivity contribution in [2.24, 2.45) is 0 Å². The average Bonchev–Trinajstić information content (AvgIpc) is 2.83. The van der Waals surface area contributed by atoms with E-state index in [1.807, 2.05) is 6.07 Å². The molecule has 3 rings (SSSR count). The van der Waals surface area contributed by atoms with Crippen LogP contribution in [0.1, 0.15) is 21.6 Å². The number of carbonyl (C=O) groups is 1. The summed E-state index contributed by atoms with van der Waals surface area (Å²) in [7, 11) is 0. The lowest BCUT2D eigenvalue weighted by atomic mass is 10.0. The zero-order chi connectivity index (χ0) is 15.7. The maximum atomic E-state index is 13.8. The van der Waals surface area contributed by atoms with Gasteiger partial charge in [-0.05, 0) is 31.2 Å². The summed E-state index contributed by atoms with van der Waals surface area (Å²) in [4.78, 5) is 12.5. The van der Waals surface area contributed by atoms with Crippen molar-refractivity contribution >= 4 is 5.78 Å². The van der Waals surface area contributed by atoms with E-state index in [-0.39, 0.29) is 17.0 Å². The van der Waals surface area contributed by atoms with Gasteiger partial charge >= 0.3 is 0 Å². The van der Waals surface area contributed by atoms with Gasteiger partial charge in [0.05, 0.1) is 16.9 Å². The van der Waals surface area contributed by atoms with Gasteiger partial charge in [0.15, 0.2) is 0 Å². The van der Waals surface area contributed by atoms with E-state index in [0.717, 1.165) is 0 Å². The minimum absolute atomic E-state index is 0.00829. The summed E-state index contributed by atoms with van der Waals surface area (Å²) >= 11 is 0. The molecule has 110 valence electrons. The first-order valence-corrected chi connectivity index (χ1v) is 6.73. The van der Waals surface area contributed by atoms with Crippen LogP contribution in [0.4, 0.5) is 4.39 Å². The Balaban J connectivity index is 2.12. The Morgan fingerprint density at radius 1 is 1.09 bits per heavy atom. The van der Waals surface area contributed by atoms with Gasteiger partial charge in [0.1, 0.15) is 11.4 Å².